The van der Waals surface area contributed by atoms with Gasteiger partial charge in [0, 0.05) is 13.5 Å². The summed E-state index contributed by atoms with van der Waals surface area (Å²) in [5.74, 6) is -0.648. The first-order valence-electron chi connectivity index (χ1n) is 3.07. The van der Waals surface area contributed by atoms with E-state index >= 15 is 0 Å². The molecule has 0 radical (unpaired) electrons. The summed E-state index contributed by atoms with van der Waals surface area (Å²) >= 11 is 0. The third-order valence-corrected chi connectivity index (χ3v) is 0.932. The van der Waals surface area contributed by atoms with Gasteiger partial charge in [-0.1, -0.05) is 6.92 Å². The minimum Gasteiger partial charge on any atom is -0.456 e. The largest absolute Gasteiger partial charge is 0.456 e. The van der Waals surface area contributed by atoms with E-state index in [0.717, 1.165) is 0 Å². The monoisotopic (exact) mass is 145 g/mol. The number of ether oxygens (including phenoxy) is 1. The normalized spacial score (nSPS) is 8.60. The Morgan fingerprint density at radius 1 is 1.50 bits per heavy atom. The molecule has 0 spiro atoms. The molecule has 0 saturated heterocycles. The summed E-state index contributed by atoms with van der Waals surface area (Å²) in [6.45, 7) is 1.50. The van der Waals surface area contributed by atoms with Gasteiger partial charge in [-0.2, -0.15) is 0 Å². The van der Waals surface area contributed by atoms with Crippen molar-refractivity contribution in [1.29, 1.82) is 0 Å². The van der Waals surface area contributed by atoms with Gasteiger partial charge < -0.3 is 10.1 Å². The molecule has 10 heavy (non-hydrogen) atoms. The lowest BCUT2D eigenvalue weighted by Crippen LogP contribution is -2.24. The first kappa shape index (κ1) is 8.94. The van der Waals surface area contributed by atoms with Crippen LogP contribution in [-0.2, 0) is 14.3 Å². The number of likely N-dealkylation sites (N-methyl/N-ethyl adjacent to an activating group) is 1. The molecule has 0 unspecified atom stereocenters. The average Bonchev–Trinajstić information content (AvgIpc) is 1.99. The van der Waals surface area contributed by atoms with Crippen LogP contribution >= 0.6 is 0 Å². The molecule has 0 saturated carbocycles. The van der Waals surface area contributed by atoms with Gasteiger partial charge in [-0.25, -0.2) is 0 Å². The van der Waals surface area contributed by atoms with Gasteiger partial charge in [0.15, 0.2) is 6.61 Å². The van der Waals surface area contributed by atoms with E-state index in [1.54, 1.807) is 6.92 Å². The number of hydrogen-bond donors (Lipinski definition) is 1. The molecule has 0 fully saturated rings. The number of nitrogens with one attached hydrogen (secondary N) is 1. The van der Waals surface area contributed by atoms with Crippen molar-refractivity contribution < 1.29 is 14.3 Å². The van der Waals surface area contributed by atoms with E-state index in [2.05, 4.69) is 10.1 Å². The van der Waals surface area contributed by atoms with Crippen molar-refractivity contribution >= 4 is 11.9 Å². The fraction of sp³-hybridized carbons (Fsp3) is 0.667. The highest BCUT2D eigenvalue weighted by Gasteiger charge is 2.01. The molecule has 0 aromatic heterocycles. The highest BCUT2D eigenvalue weighted by molar-refractivity contribution is 5.80. The topological polar surface area (TPSA) is 55.4 Å². The lowest BCUT2D eigenvalue weighted by molar-refractivity contribution is -0.148. The van der Waals surface area contributed by atoms with Gasteiger partial charge in [0.25, 0.3) is 5.91 Å². The van der Waals surface area contributed by atoms with Gasteiger partial charge >= 0.3 is 5.97 Å². The first-order chi connectivity index (χ1) is 4.70. The maximum absolute atomic E-state index is 10.4. The molecule has 0 heterocycles. The first-order valence-corrected chi connectivity index (χ1v) is 3.07. The van der Waals surface area contributed by atoms with Crippen molar-refractivity contribution in [3.05, 3.63) is 0 Å². The Morgan fingerprint density at radius 2 is 2.10 bits per heavy atom. The summed E-state index contributed by atoms with van der Waals surface area (Å²) in [6, 6.07) is 0. The average molecular weight is 145 g/mol. The van der Waals surface area contributed by atoms with Crippen molar-refractivity contribution in [3.63, 3.8) is 0 Å². The summed E-state index contributed by atoms with van der Waals surface area (Å²) < 4.78 is 4.49. The van der Waals surface area contributed by atoms with E-state index < -0.39 is 0 Å². The van der Waals surface area contributed by atoms with Crippen molar-refractivity contribution in [1.82, 2.24) is 5.32 Å². The summed E-state index contributed by atoms with van der Waals surface area (Å²) in [5.41, 5.74) is 0. The predicted molar refractivity (Wildman–Crippen MR) is 35.3 cm³/mol. The molecule has 0 aromatic rings. The second kappa shape index (κ2) is 4.78. The van der Waals surface area contributed by atoms with Crippen LogP contribution in [-0.4, -0.2) is 25.5 Å². The molecule has 0 bridgehead atoms. The van der Waals surface area contributed by atoms with E-state index in [1.165, 1.54) is 7.05 Å². The van der Waals surface area contributed by atoms with Crippen LogP contribution in [0.2, 0.25) is 0 Å². The zero-order valence-electron chi connectivity index (χ0n) is 6.14. The number of rotatable bonds is 3. The Hall–Kier alpha value is -1.06. The second-order valence-corrected chi connectivity index (χ2v) is 1.69. The van der Waals surface area contributed by atoms with Crippen LogP contribution in [0.1, 0.15) is 13.3 Å². The minimum atomic E-state index is -0.358. The number of hydrogen-bond acceptors (Lipinski definition) is 3. The quantitative estimate of drug-likeness (QED) is 0.554. The molecule has 0 rings (SSSR count). The third kappa shape index (κ3) is 3.88. The van der Waals surface area contributed by atoms with Crippen molar-refractivity contribution in [2.75, 3.05) is 13.7 Å². The van der Waals surface area contributed by atoms with E-state index in [0.29, 0.717) is 6.42 Å². The fourth-order valence-corrected chi connectivity index (χ4v) is 0.320. The van der Waals surface area contributed by atoms with E-state index in [4.69, 9.17) is 0 Å². The molecule has 0 aromatic carbocycles. The Labute approximate surface area is 59.6 Å². The smallest absolute Gasteiger partial charge is 0.306 e. The van der Waals surface area contributed by atoms with Crippen LogP contribution in [0.15, 0.2) is 0 Å². The molecular weight excluding hydrogens is 134 g/mol. The third-order valence-electron chi connectivity index (χ3n) is 0.932. The summed E-state index contributed by atoms with van der Waals surface area (Å²) in [5, 5.41) is 2.33. The molecule has 4 heteroatoms. The number of esters is 1. The van der Waals surface area contributed by atoms with Gasteiger partial charge in [0.1, 0.15) is 0 Å². The Balaban J connectivity index is 3.35. The maximum atomic E-state index is 10.4. The Kier molecular flexibility index (Phi) is 4.28. The molecule has 1 N–H and O–H groups in total. The van der Waals surface area contributed by atoms with Crippen molar-refractivity contribution in [2.45, 2.75) is 13.3 Å². The van der Waals surface area contributed by atoms with Gasteiger partial charge in [0.05, 0.1) is 0 Å². The Morgan fingerprint density at radius 3 is 2.50 bits per heavy atom. The van der Waals surface area contributed by atoms with E-state index in [-0.39, 0.29) is 18.5 Å². The number of carbonyl (C=O) groups is 2. The van der Waals surface area contributed by atoms with Crippen LogP contribution in [0.4, 0.5) is 0 Å². The van der Waals surface area contributed by atoms with Crippen LogP contribution in [0.25, 0.3) is 0 Å². The molecule has 0 aliphatic carbocycles. The maximum Gasteiger partial charge on any atom is 0.306 e. The molecule has 0 atom stereocenters. The highest BCUT2D eigenvalue weighted by atomic mass is 16.5. The van der Waals surface area contributed by atoms with Gasteiger partial charge in [-0.05, 0) is 0 Å². The zero-order valence-corrected chi connectivity index (χ0v) is 6.14. The SMILES string of the molecule is CCC(=O)OCC(=O)NC. The van der Waals surface area contributed by atoms with Crippen molar-refractivity contribution in [3.8, 4) is 0 Å². The van der Waals surface area contributed by atoms with E-state index in [1.807, 2.05) is 0 Å². The molecular formula is C6H11NO3. The molecule has 1 amide bonds. The molecule has 4 nitrogen and oxygen atoms in total. The summed E-state index contributed by atoms with van der Waals surface area (Å²) in [7, 11) is 1.49. The molecule has 0 aliphatic heterocycles. The van der Waals surface area contributed by atoms with Gasteiger partial charge in [-0.3, -0.25) is 9.59 Å². The number of carbonyl (C=O) groups excluding carboxylic acids is 2. The van der Waals surface area contributed by atoms with Crippen LogP contribution in [0.5, 0.6) is 0 Å². The van der Waals surface area contributed by atoms with Crippen molar-refractivity contribution in [2.24, 2.45) is 0 Å². The van der Waals surface area contributed by atoms with Crippen LogP contribution in [0.3, 0.4) is 0 Å². The fourth-order valence-electron chi connectivity index (χ4n) is 0.320. The van der Waals surface area contributed by atoms with Gasteiger partial charge in [0.2, 0.25) is 0 Å². The highest BCUT2D eigenvalue weighted by Crippen LogP contribution is 1.82. The molecule has 58 valence electrons. The second-order valence-electron chi connectivity index (χ2n) is 1.69. The standard InChI is InChI=1S/C6H11NO3/c1-3-6(9)10-4-5(8)7-2/h3-4H2,1-2H3,(H,7,8). The lowest BCUT2D eigenvalue weighted by Gasteiger charge is -1.99. The predicted octanol–water partition coefficient (Wildman–Crippen LogP) is -0.314. The Bertz CT molecular complexity index is 117. The van der Waals surface area contributed by atoms with Crippen LogP contribution in [0, 0.1) is 0 Å². The zero-order chi connectivity index (χ0) is 7.98. The lowest BCUT2D eigenvalue weighted by atomic mass is 10.5. The van der Waals surface area contributed by atoms with E-state index in [9.17, 15) is 9.59 Å². The van der Waals surface area contributed by atoms with Gasteiger partial charge in [-0.15, -0.1) is 0 Å². The number of amides is 1. The minimum absolute atomic E-state index is 0.177. The summed E-state index contributed by atoms with van der Waals surface area (Å²) in [4.78, 5) is 20.9. The molecule has 0 aliphatic rings. The van der Waals surface area contributed by atoms with Crippen LogP contribution < -0.4 is 5.32 Å². The summed E-state index contributed by atoms with van der Waals surface area (Å²) in [6.07, 6.45) is 0.303.